The van der Waals surface area contributed by atoms with Crippen molar-refractivity contribution in [2.45, 2.75) is 19.9 Å². The van der Waals surface area contributed by atoms with Gasteiger partial charge >= 0.3 is 0 Å². The quantitative estimate of drug-likeness (QED) is 0.456. The average molecular weight is 109 g/mol. The molecule has 1 unspecified atom stereocenters. The number of fused-ring (bicyclic) bond motifs is 1. The molecule has 1 N–H and O–H groups in total. The minimum atomic E-state index is 0.560. The highest BCUT2D eigenvalue weighted by molar-refractivity contribution is 5.36. The number of rotatable bonds is 0. The van der Waals surface area contributed by atoms with E-state index in [4.69, 9.17) is 0 Å². The molecule has 0 amide bonds. The fourth-order valence-electron chi connectivity index (χ4n) is 1.85. The summed E-state index contributed by atoms with van der Waals surface area (Å²) in [5.74, 6) is 0. The van der Waals surface area contributed by atoms with Crippen molar-refractivity contribution >= 4 is 0 Å². The highest BCUT2D eigenvalue weighted by atomic mass is 15.1. The van der Waals surface area contributed by atoms with Gasteiger partial charge in [-0.15, -0.1) is 0 Å². The molecule has 0 aromatic rings. The first-order valence-corrected chi connectivity index (χ1v) is 3.15. The van der Waals surface area contributed by atoms with E-state index in [9.17, 15) is 0 Å². The van der Waals surface area contributed by atoms with Crippen LogP contribution in [0.3, 0.4) is 0 Å². The predicted octanol–water partition coefficient (Wildman–Crippen LogP) is 0.924. The molecule has 2 rings (SSSR count). The minimum absolute atomic E-state index is 0.560. The number of hydrogen-bond donors (Lipinski definition) is 1. The van der Waals surface area contributed by atoms with E-state index in [2.05, 4.69) is 25.2 Å². The maximum atomic E-state index is 3.37. The van der Waals surface area contributed by atoms with E-state index in [1.165, 1.54) is 12.1 Å². The third kappa shape index (κ3) is 0.294. The molecule has 0 aromatic carbocycles. The highest BCUT2D eigenvalue weighted by Crippen LogP contribution is 2.44. The van der Waals surface area contributed by atoms with Crippen LogP contribution >= 0.6 is 0 Å². The van der Waals surface area contributed by atoms with Crippen LogP contribution in [0.15, 0.2) is 11.6 Å². The summed E-state index contributed by atoms with van der Waals surface area (Å²) < 4.78 is 0. The lowest BCUT2D eigenvalue weighted by Gasteiger charge is -2.54. The molecule has 1 saturated heterocycles. The molecule has 44 valence electrons. The summed E-state index contributed by atoms with van der Waals surface area (Å²) >= 11 is 0. The van der Waals surface area contributed by atoms with Gasteiger partial charge in [-0.3, -0.25) is 0 Å². The smallest absolute Gasteiger partial charge is 0.0378 e. The molecule has 0 spiro atoms. The summed E-state index contributed by atoms with van der Waals surface area (Å²) in [7, 11) is 0. The topological polar surface area (TPSA) is 12.0 Å². The number of nitrogens with one attached hydrogen (secondary N) is 1. The van der Waals surface area contributed by atoms with E-state index >= 15 is 0 Å². The van der Waals surface area contributed by atoms with Crippen LogP contribution in [0.4, 0.5) is 0 Å². The summed E-state index contributed by atoms with van der Waals surface area (Å²) in [6.45, 7) is 5.69. The summed E-state index contributed by atoms with van der Waals surface area (Å²) in [6, 6.07) is 0.738. The second kappa shape index (κ2) is 1.01. The van der Waals surface area contributed by atoms with Crippen LogP contribution in [0.1, 0.15) is 13.8 Å². The fourth-order valence-corrected chi connectivity index (χ4v) is 1.85. The van der Waals surface area contributed by atoms with Crippen LogP contribution in [0.25, 0.3) is 0 Å². The first-order chi connectivity index (χ1) is 3.72. The molecule has 0 bridgehead atoms. The van der Waals surface area contributed by atoms with Crippen LogP contribution in [0.2, 0.25) is 0 Å². The van der Waals surface area contributed by atoms with Gasteiger partial charge in [0.1, 0.15) is 0 Å². The van der Waals surface area contributed by atoms with Gasteiger partial charge in [-0.2, -0.15) is 0 Å². The molecule has 8 heavy (non-hydrogen) atoms. The summed E-state index contributed by atoms with van der Waals surface area (Å²) in [6.07, 6.45) is 2.37. The van der Waals surface area contributed by atoms with Gasteiger partial charge in [0.05, 0.1) is 0 Å². The van der Waals surface area contributed by atoms with Crippen molar-refractivity contribution in [2.75, 3.05) is 6.54 Å². The Bertz CT molecular complexity index is 160. The Labute approximate surface area is 49.8 Å². The number of hydrogen-bond acceptors (Lipinski definition) is 1. The third-order valence-corrected chi connectivity index (χ3v) is 2.36. The van der Waals surface area contributed by atoms with E-state index in [1.54, 1.807) is 0 Å². The molecular formula is C7H11N. The molecule has 1 fully saturated rings. The van der Waals surface area contributed by atoms with E-state index < -0.39 is 0 Å². The molecule has 1 nitrogen and oxygen atoms in total. The zero-order chi connectivity index (χ0) is 5.78. The zero-order valence-corrected chi connectivity index (χ0v) is 5.36. The van der Waals surface area contributed by atoms with Gasteiger partial charge in [0.2, 0.25) is 0 Å². The van der Waals surface area contributed by atoms with E-state index in [0.29, 0.717) is 5.41 Å². The Morgan fingerprint density at radius 3 is 2.62 bits per heavy atom. The standard InChI is InChI=1S/C7H11N/c1-5-3-7(2)4-8-6(5)7/h3,6,8H,4H2,1-2H3/t6?,7-/m1/s1. The monoisotopic (exact) mass is 109 g/mol. The van der Waals surface area contributed by atoms with Crippen molar-refractivity contribution in [3.05, 3.63) is 11.6 Å². The van der Waals surface area contributed by atoms with E-state index in [-0.39, 0.29) is 0 Å². The van der Waals surface area contributed by atoms with Crippen LogP contribution in [0, 0.1) is 5.41 Å². The van der Waals surface area contributed by atoms with E-state index in [1.807, 2.05) is 0 Å². The molecular weight excluding hydrogens is 98.1 g/mol. The van der Waals surface area contributed by atoms with Gasteiger partial charge in [-0.1, -0.05) is 18.6 Å². The summed E-state index contributed by atoms with van der Waals surface area (Å²) in [5, 5.41) is 3.37. The third-order valence-electron chi connectivity index (χ3n) is 2.36. The zero-order valence-electron chi connectivity index (χ0n) is 5.36. The summed E-state index contributed by atoms with van der Waals surface area (Å²) in [5.41, 5.74) is 2.09. The second-order valence-electron chi connectivity index (χ2n) is 3.21. The average Bonchev–Trinajstić information content (AvgIpc) is 1.64. The predicted molar refractivity (Wildman–Crippen MR) is 33.7 cm³/mol. The molecule has 1 aliphatic carbocycles. The Balaban J connectivity index is 2.29. The lowest BCUT2D eigenvalue weighted by molar-refractivity contribution is 0.154. The maximum Gasteiger partial charge on any atom is 0.0378 e. The maximum absolute atomic E-state index is 3.37. The second-order valence-corrected chi connectivity index (χ2v) is 3.21. The van der Waals surface area contributed by atoms with Gasteiger partial charge in [0.15, 0.2) is 0 Å². The Morgan fingerprint density at radius 1 is 1.88 bits per heavy atom. The van der Waals surface area contributed by atoms with Crippen LogP contribution in [-0.4, -0.2) is 12.6 Å². The van der Waals surface area contributed by atoms with Crippen molar-refractivity contribution < 1.29 is 0 Å². The van der Waals surface area contributed by atoms with Gasteiger partial charge < -0.3 is 5.32 Å². The van der Waals surface area contributed by atoms with Crippen molar-refractivity contribution in [1.82, 2.24) is 5.32 Å². The SMILES string of the molecule is CC1=C[C@]2(C)CNC12. The van der Waals surface area contributed by atoms with Gasteiger partial charge in [0, 0.05) is 18.0 Å². The Kier molecular flexibility index (Phi) is 0.575. The first kappa shape index (κ1) is 4.57. The van der Waals surface area contributed by atoms with Crippen molar-refractivity contribution in [3.63, 3.8) is 0 Å². The van der Waals surface area contributed by atoms with Crippen LogP contribution in [0.5, 0.6) is 0 Å². The lowest BCUT2D eigenvalue weighted by Crippen LogP contribution is -2.65. The van der Waals surface area contributed by atoms with Crippen molar-refractivity contribution in [3.8, 4) is 0 Å². The molecule has 0 aromatic heterocycles. The van der Waals surface area contributed by atoms with Gasteiger partial charge in [0.25, 0.3) is 0 Å². The molecule has 2 atom stereocenters. The first-order valence-electron chi connectivity index (χ1n) is 3.15. The molecule has 2 aliphatic rings. The molecule has 1 heterocycles. The van der Waals surface area contributed by atoms with Crippen molar-refractivity contribution in [2.24, 2.45) is 5.41 Å². The van der Waals surface area contributed by atoms with Crippen LogP contribution < -0.4 is 5.32 Å². The normalized spacial score (nSPS) is 50.8. The minimum Gasteiger partial charge on any atom is -0.309 e. The Morgan fingerprint density at radius 2 is 2.62 bits per heavy atom. The van der Waals surface area contributed by atoms with Gasteiger partial charge in [-0.25, -0.2) is 0 Å². The molecule has 0 radical (unpaired) electrons. The molecule has 0 saturated carbocycles. The van der Waals surface area contributed by atoms with Crippen LogP contribution in [-0.2, 0) is 0 Å². The molecule has 1 heteroatoms. The largest absolute Gasteiger partial charge is 0.309 e. The van der Waals surface area contributed by atoms with Gasteiger partial charge in [-0.05, 0) is 6.92 Å². The Hall–Kier alpha value is -0.300. The lowest BCUT2D eigenvalue weighted by atomic mass is 9.63. The highest BCUT2D eigenvalue weighted by Gasteiger charge is 2.48. The van der Waals surface area contributed by atoms with Crippen molar-refractivity contribution in [1.29, 1.82) is 0 Å². The molecule has 1 aliphatic heterocycles. The summed E-state index contributed by atoms with van der Waals surface area (Å²) in [4.78, 5) is 0. The van der Waals surface area contributed by atoms with E-state index in [0.717, 1.165) is 6.04 Å². The fraction of sp³-hybridized carbons (Fsp3) is 0.714.